The third-order valence-corrected chi connectivity index (χ3v) is 24.2. The summed E-state index contributed by atoms with van der Waals surface area (Å²) >= 11 is 0. The van der Waals surface area contributed by atoms with Gasteiger partial charge in [0.1, 0.15) is 42.9 Å². The molecule has 2 aliphatic heterocycles. The highest BCUT2D eigenvalue weighted by atomic mass is 16.6. The Morgan fingerprint density at radius 1 is 0.708 bits per heavy atom. The molecule has 0 bridgehead atoms. The maximum Gasteiger partial charge on any atom is 0.408 e. The number of primary amides is 1. The lowest BCUT2D eigenvalue weighted by atomic mass is 9.87. The van der Waals surface area contributed by atoms with Crippen LogP contribution >= 0.6 is 0 Å². The number of nitrogen functional groups attached to an aromatic ring is 1. The Hall–Kier alpha value is -14.5. The normalized spacial score (nSPS) is 19.6. The Balaban J connectivity index is 0.623. The van der Waals surface area contributed by atoms with E-state index in [1.165, 1.54) is 24.4 Å². The molecule has 4 aliphatic rings. The molecule has 41 nitrogen and oxygen atoms in total. The highest BCUT2D eigenvalue weighted by Crippen LogP contribution is 2.53. The first kappa shape index (κ1) is 105. The van der Waals surface area contributed by atoms with Crippen molar-refractivity contribution in [1.82, 2.24) is 77.5 Å². The lowest BCUT2D eigenvalue weighted by Crippen LogP contribution is -2.54. The predicted molar refractivity (Wildman–Crippen MR) is 502 cm³/mol. The second-order valence-corrected chi connectivity index (χ2v) is 34.9. The summed E-state index contributed by atoms with van der Waals surface area (Å²) in [5.74, 6) is -8.18. The van der Waals surface area contributed by atoms with Crippen molar-refractivity contribution in [3.8, 4) is 5.69 Å². The second-order valence-electron chi connectivity index (χ2n) is 34.9. The number of aromatic nitrogens is 7. The van der Waals surface area contributed by atoms with Gasteiger partial charge >= 0.3 is 42.1 Å². The quantitative estimate of drug-likeness (QED) is 0.00583. The van der Waals surface area contributed by atoms with Crippen molar-refractivity contribution in [3.05, 3.63) is 195 Å². The molecule has 137 heavy (non-hydrogen) atoms. The van der Waals surface area contributed by atoms with Crippen molar-refractivity contribution in [2.24, 2.45) is 41.2 Å². The summed E-state index contributed by atoms with van der Waals surface area (Å²) in [7, 11) is 1.13. The number of aliphatic hydroxyl groups excluding tert-OH is 1. The Morgan fingerprint density at radius 3 is 2.04 bits per heavy atom. The molecule has 0 unspecified atom stereocenters. The van der Waals surface area contributed by atoms with Gasteiger partial charge < -0.3 is 104 Å². The summed E-state index contributed by atoms with van der Waals surface area (Å²) in [5, 5.41) is 66.9. The number of anilines is 3. The number of ether oxygens (including phenoxy) is 5. The molecule has 3 aromatic heterocycles. The van der Waals surface area contributed by atoms with E-state index in [4.69, 9.17) is 35.2 Å². The highest BCUT2D eigenvalue weighted by molar-refractivity contribution is 5.99. The fourth-order valence-electron chi connectivity index (χ4n) is 16.4. The number of aryl methyl sites for hydroxylation is 1. The number of nitrogens with two attached hydrogens (primary N) is 2. The van der Waals surface area contributed by atoms with E-state index in [9.17, 15) is 82.4 Å². The van der Waals surface area contributed by atoms with E-state index in [1.807, 2.05) is 76.3 Å². The maximum atomic E-state index is 14.2. The fraction of sp³-hybridized carbons (Fsp3) is 0.469. The van der Waals surface area contributed by atoms with Gasteiger partial charge in [-0.15, -0.1) is 5.10 Å². The van der Waals surface area contributed by atoms with Crippen molar-refractivity contribution in [3.63, 3.8) is 0 Å². The summed E-state index contributed by atoms with van der Waals surface area (Å²) in [6.45, 7) is 13.7. The number of cyclic esters (lactones) is 1. The van der Waals surface area contributed by atoms with Gasteiger partial charge in [0.25, 0.3) is 17.4 Å². The minimum absolute atomic E-state index is 0.00923. The number of amides is 10. The van der Waals surface area contributed by atoms with Crippen molar-refractivity contribution in [2.45, 2.75) is 225 Å². The van der Waals surface area contributed by atoms with Gasteiger partial charge in [-0.2, -0.15) is 4.98 Å². The molecule has 1 saturated heterocycles. The molecule has 41 heteroatoms. The zero-order valence-corrected chi connectivity index (χ0v) is 77.8. The summed E-state index contributed by atoms with van der Waals surface area (Å²) in [6, 6.07) is 11.2. The number of aliphatic carboxylic acids is 2. The molecule has 18 N–H and O–H groups in total. The van der Waals surface area contributed by atoms with Crippen molar-refractivity contribution < 1.29 is 101 Å². The first-order valence-corrected chi connectivity index (χ1v) is 45.8. The highest BCUT2D eigenvalue weighted by Gasteiger charge is 2.51. The summed E-state index contributed by atoms with van der Waals surface area (Å²) in [4.78, 5) is 196. The maximum absolute atomic E-state index is 14.2. The van der Waals surface area contributed by atoms with Crippen LogP contribution in [0.15, 0.2) is 156 Å². The monoisotopic (exact) mass is 1890 g/mol. The number of hydrogen-bond acceptors (Lipinski definition) is 27. The van der Waals surface area contributed by atoms with E-state index in [2.05, 4.69) is 96.4 Å². The lowest BCUT2D eigenvalue weighted by Gasteiger charge is -2.39. The van der Waals surface area contributed by atoms with Gasteiger partial charge in [0.05, 0.1) is 73.6 Å². The van der Waals surface area contributed by atoms with Crippen LogP contribution in [0.5, 0.6) is 0 Å². The van der Waals surface area contributed by atoms with E-state index in [0.717, 1.165) is 48.9 Å². The fourth-order valence-corrected chi connectivity index (χ4v) is 16.4. The van der Waals surface area contributed by atoms with Crippen LogP contribution in [0.3, 0.4) is 0 Å². The number of esters is 2. The molecule has 0 radical (unpaired) electrons. The molecule has 5 heterocycles. The van der Waals surface area contributed by atoms with E-state index in [-0.39, 0.29) is 129 Å². The molecule has 6 aromatic rings. The average molecular weight is 1900 g/mol. The zero-order chi connectivity index (χ0) is 98.9. The molecule has 15 atom stereocenters. The molecular weight excluding hydrogens is 1770 g/mol. The lowest BCUT2D eigenvalue weighted by molar-refractivity contribution is -0.145. The van der Waals surface area contributed by atoms with Crippen LogP contribution in [0.4, 0.5) is 31.7 Å². The van der Waals surface area contributed by atoms with E-state index >= 15 is 0 Å². The van der Waals surface area contributed by atoms with Crippen molar-refractivity contribution in [1.29, 1.82) is 0 Å². The number of aliphatic hydroxyl groups is 1. The third-order valence-electron chi connectivity index (χ3n) is 24.2. The number of rotatable bonds is 47. The van der Waals surface area contributed by atoms with Crippen molar-refractivity contribution in [2.75, 3.05) is 43.2 Å². The van der Waals surface area contributed by atoms with Crippen LogP contribution < -0.4 is 70.2 Å². The van der Waals surface area contributed by atoms with Gasteiger partial charge in [-0.25, -0.2) is 48.2 Å². The number of carboxylic acids is 2. The van der Waals surface area contributed by atoms with Crippen LogP contribution in [0.1, 0.15) is 182 Å². The molecular formula is C96H123N19O22. The van der Waals surface area contributed by atoms with E-state index in [0.29, 0.717) is 66.0 Å². The van der Waals surface area contributed by atoms with Gasteiger partial charge in [-0.1, -0.05) is 105 Å². The second kappa shape index (κ2) is 51.3. The van der Waals surface area contributed by atoms with Crippen LogP contribution in [0.25, 0.3) is 16.9 Å². The summed E-state index contributed by atoms with van der Waals surface area (Å²) in [6.07, 6.45) is 20.1. The van der Waals surface area contributed by atoms with Crippen LogP contribution in [-0.4, -0.2) is 215 Å². The molecule has 734 valence electrons. The summed E-state index contributed by atoms with van der Waals surface area (Å²) in [5.41, 5.74) is 17.1. The van der Waals surface area contributed by atoms with Crippen LogP contribution in [0.2, 0.25) is 0 Å². The number of urea groups is 1. The largest absolute Gasteiger partial charge is 0.480 e. The number of unbranched alkanes of at least 4 members (excludes halogenated alkanes) is 1. The predicted octanol–water partition coefficient (Wildman–Crippen LogP) is 7.35. The van der Waals surface area contributed by atoms with Gasteiger partial charge in [0.15, 0.2) is 11.2 Å². The first-order valence-electron chi connectivity index (χ1n) is 45.8. The number of alkyl carbamates (subject to hydrolysis) is 2. The number of H-pyrrole nitrogens is 1. The van der Waals surface area contributed by atoms with Gasteiger partial charge in [0.2, 0.25) is 29.6 Å². The Bertz CT molecular complexity index is 5520. The minimum atomic E-state index is -1.59. The van der Waals surface area contributed by atoms with Crippen LogP contribution in [-0.2, 0) is 88.0 Å². The Labute approximate surface area is 791 Å². The molecule has 10 rings (SSSR count). The van der Waals surface area contributed by atoms with Gasteiger partial charge in [-0.05, 0) is 199 Å². The van der Waals surface area contributed by atoms with Crippen LogP contribution in [0, 0.1) is 35.5 Å². The average Bonchev–Trinajstić information content (AvgIpc) is 1.59. The third kappa shape index (κ3) is 32.1. The van der Waals surface area contributed by atoms with Gasteiger partial charge in [0, 0.05) is 73.3 Å². The topological polar surface area (TPSA) is 603 Å². The smallest absolute Gasteiger partial charge is 0.408 e. The van der Waals surface area contributed by atoms with E-state index in [1.54, 1.807) is 79.2 Å². The number of carbonyl (C=O) groups excluding carboxylic acids is 11. The number of methoxy groups -OCH3 is 1. The summed E-state index contributed by atoms with van der Waals surface area (Å²) < 4.78 is 30.1. The molecule has 2 fully saturated rings. The molecule has 10 amide bonds. The number of nitrogens with zero attached hydrogens (tertiary/aromatic N) is 6. The van der Waals surface area contributed by atoms with Crippen molar-refractivity contribution >= 4 is 106 Å². The van der Waals surface area contributed by atoms with E-state index < -0.39 is 157 Å². The molecule has 0 spiro atoms. The molecule has 2 aliphatic carbocycles. The molecule has 1 saturated carbocycles. The number of fused-ring (bicyclic) bond motifs is 3. The Kier molecular flexibility index (Phi) is 39.1. The standard InChI is InChI=1S/C96H123N19O22/c1-9-16-77-57(7)75(116)48-78(136-77)69(21-13-18-55(5)47-54(4)17-12-19-56(6)76-23-14-24-81(119)137-76)109-95(131)134-51-58-25-31-62(32-26-58)104-87(122)70(22-15-46-100-94(98)130)107-88(123)82(53(2)3)110-96(132)135-52-67-65-37-39-68-74(42-38-66(65)67)115(114-113-68)64-35-29-59(30-36-64)85(120)99-45-11-10-20-73(92(129)133-8)106-80(118)43-40-71(90(125)126)105-79(117)44-41-72(91(127)128)108-86(121)60-27-33-61(34-28-60)101-49-63-50-102-84-83(103-63)89(124)112-93(97)111-84/h9,12-14,16-19,21,24-36,50,53-54,57,65-67,69-73,75-78,82,101,116H,10-11,15,20,22-23,37-49,51-52H2,1-8H3,(H,99,120)(H,104,122)(H,105,117)(H,106,118)(H,107,123)(H,108,121)(H,109,131)(H,110,132)(H,125,126)(H,127,128)(H3,98,100,130)(H3,97,102,111,112,124)/b16-9+,17-12-,21-13+,55-18+,56-19+/t54-,57-,65+,66-,67+,69-,70-,71-,72-,73-,75+,76+,77-,78-,82-/m0/s1. The number of benzene rings is 3. The zero-order valence-electron chi connectivity index (χ0n) is 77.8. The first-order chi connectivity index (χ1) is 65.6. The number of allylic oxidation sites excluding steroid dienone is 7. The SMILES string of the molecule is C/C=C/[C@@H]1O[C@H]([C@H](/C=C/C=C(\C)C[C@@H](C)/C=C\C=C(/C)[C@H]2CC=CC(=O)O2)NC(=O)OCc2ccc(NC(=O)[C@H](CCCNC(N)=O)NC(=O)[C@@H](NC(=O)OC[C@@H]3[C@@H]4CCc5nnn(-c6ccc(C(=O)NCCCC[C@H](NC(=O)CC[C@H](NC(=O)CC[C@H](NC(=O)c7ccc(NCc8cnc9nc(N)[nH]c(=O)c9n8)cc7)C(=O)O)C(=O)O)C(=O)OC)cc6)c5CC[C@@H]43)C(C)C)cc2)C[C@@H](O)[C@@H]1C. The minimum Gasteiger partial charge on any atom is -0.480 e. The number of aromatic amines is 1. The van der Waals surface area contributed by atoms with Gasteiger partial charge in [-0.3, -0.25) is 38.5 Å². The number of carbonyl (C=O) groups is 13. The Morgan fingerprint density at radius 2 is 1.36 bits per heavy atom. The number of carboxylic acid groups (broad SMARTS) is 2. The molecule has 3 aromatic carbocycles. The number of nitrogens with one attached hydrogen (secondary N) is 11. The number of hydrogen-bond donors (Lipinski definition) is 16.